The van der Waals surface area contributed by atoms with Gasteiger partial charge >= 0.3 is 0 Å². The molecule has 0 aromatic heterocycles. The van der Waals surface area contributed by atoms with Gasteiger partial charge in [0.1, 0.15) is 0 Å². The normalized spacial score (nSPS) is 16.9. The van der Waals surface area contributed by atoms with E-state index in [0.717, 1.165) is 37.4 Å². The highest BCUT2D eigenvalue weighted by molar-refractivity contribution is 5.78. The van der Waals surface area contributed by atoms with Gasteiger partial charge in [-0.25, -0.2) is 0 Å². The number of hydrogen-bond acceptors (Lipinski definition) is 4. The summed E-state index contributed by atoms with van der Waals surface area (Å²) in [5.41, 5.74) is 6.60. The second-order valence-electron chi connectivity index (χ2n) is 8.46. The number of carbonyl (C=O) groups is 1. The minimum atomic E-state index is 0.0196. The lowest BCUT2D eigenvalue weighted by Gasteiger charge is -2.29. The van der Waals surface area contributed by atoms with Crippen molar-refractivity contribution in [3.8, 4) is 11.5 Å². The zero-order chi connectivity index (χ0) is 21.1. The van der Waals surface area contributed by atoms with Gasteiger partial charge < -0.3 is 14.8 Å². The number of aryl methyl sites for hydroxylation is 2. The van der Waals surface area contributed by atoms with Gasteiger partial charge in [-0.15, -0.1) is 0 Å². The molecule has 5 nitrogen and oxygen atoms in total. The Morgan fingerprint density at radius 1 is 0.967 bits per heavy atom. The van der Waals surface area contributed by atoms with E-state index >= 15 is 0 Å². The molecule has 0 bridgehead atoms. The Morgan fingerprint density at radius 2 is 1.63 bits per heavy atom. The topological polar surface area (TPSA) is 50.8 Å². The van der Waals surface area contributed by atoms with Gasteiger partial charge in [-0.3, -0.25) is 9.69 Å². The van der Waals surface area contributed by atoms with E-state index in [1.165, 1.54) is 47.1 Å². The van der Waals surface area contributed by atoms with Crippen LogP contribution >= 0.6 is 0 Å². The van der Waals surface area contributed by atoms with Crippen LogP contribution in [0.1, 0.15) is 53.6 Å². The molecule has 0 saturated heterocycles. The van der Waals surface area contributed by atoms with Crippen molar-refractivity contribution in [2.24, 2.45) is 0 Å². The summed E-state index contributed by atoms with van der Waals surface area (Å²) in [5.74, 6) is 1.58. The average Bonchev–Trinajstić information content (AvgIpc) is 2.77. The maximum absolute atomic E-state index is 12.7. The van der Waals surface area contributed by atoms with Crippen LogP contribution in [0, 0.1) is 0 Å². The van der Waals surface area contributed by atoms with Crippen LogP contribution in [0.15, 0.2) is 30.3 Å². The van der Waals surface area contributed by atoms with E-state index in [1.54, 1.807) is 14.2 Å². The second kappa shape index (κ2) is 9.09. The monoisotopic (exact) mass is 408 g/mol. The van der Waals surface area contributed by atoms with Gasteiger partial charge in [0.15, 0.2) is 11.5 Å². The number of rotatable bonds is 6. The van der Waals surface area contributed by atoms with Crippen molar-refractivity contribution in [2.45, 2.75) is 51.6 Å². The summed E-state index contributed by atoms with van der Waals surface area (Å²) in [4.78, 5) is 14.9. The predicted molar refractivity (Wildman–Crippen MR) is 118 cm³/mol. The SMILES string of the molecule is COc1cc2c(cc1OC)CN(CC(=O)N[C@H](C)c1ccc3c(c1)CCCC3)CC2. The van der Waals surface area contributed by atoms with Crippen molar-refractivity contribution >= 4 is 5.91 Å². The summed E-state index contributed by atoms with van der Waals surface area (Å²) in [6, 6.07) is 10.8. The Kier molecular flexibility index (Phi) is 6.28. The number of nitrogens with one attached hydrogen (secondary N) is 1. The first-order valence-electron chi connectivity index (χ1n) is 10.9. The molecule has 1 atom stereocenters. The van der Waals surface area contributed by atoms with E-state index in [-0.39, 0.29) is 11.9 Å². The van der Waals surface area contributed by atoms with E-state index in [4.69, 9.17) is 9.47 Å². The Balaban J connectivity index is 1.36. The van der Waals surface area contributed by atoms with Gasteiger partial charge in [0.2, 0.25) is 5.91 Å². The molecule has 160 valence electrons. The van der Waals surface area contributed by atoms with E-state index in [0.29, 0.717) is 6.54 Å². The number of fused-ring (bicyclic) bond motifs is 2. The third-order valence-electron chi connectivity index (χ3n) is 6.41. The van der Waals surface area contributed by atoms with E-state index in [9.17, 15) is 4.79 Å². The third-order valence-corrected chi connectivity index (χ3v) is 6.41. The standard InChI is InChI=1S/C25H32N2O3/c1-17(19-9-8-18-6-4-5-7-20(18)12-19)26-25(28)16-27-11-10-21-13-23(29-2)24(30-3)14-22(21)15-27/h8-9,12-14,17H,4-7,10-11,15-16H2,1-3H3,(H,26,28)/t17-/m1/s1. The minimum absolute atomic E-state index is 0.0196. The first-order chi connectivity index (χ1) is 14.6. The van der Waals surface area contributed by atoms with Crippen LogP contribution in [-0.2, 0) is 30.6 Å². The molecule has 30 heavy (non-hydrogen) atoms. The van der Waals surface area contributed by atoms with Crippen molar-refractivity contribution in [3.63, 3.8) is 0 Å². The number of benzene rings is 2. The van der Waals surface area contributed by atoms with Crippen LogP contribution in [0.25, 0.3) is 0 Å². The van der Waals surface area contributed by atoms with Gasteiger partial charge in [0.05, 0.1) is 26.8 Å². The molecular weight excluding hydrogens is 376 g/mol. The molecule has 5 heteroatoms. The summed E-state index contributed by atoms with van der Waals surface area (Å²) in [5, 5.41) is 3.19. The summed E-state index contributed by atoms with van der Waals surface area (Å²) in [7, 11) is 3.31. The zero-order valence-electron chi connectivity index (χ0n) is 18.3. The first-order valence-corrected chi connectivity index (χ1v) is 10.9. The van der Waals surface area contributed by atoms with Crippen LogP contribution in [0.4, 0.5) is 0 Å². The fraction of sp³-hybridized carbons (Fsp3) is 0.480. The number of carbonyl (C=O) groups excluding carboxylic acids is 1. The number of ether oxygens (including phenoxy) is 2. The highest BCUT2D eigenvalue weighted by Crippen LogP contribution is 2.33. The van der Waals surface area contributed by atoms with Gasteiger partial charge in [-0.05, 0) is 79.0 Å². The molecule has 1 heterocycles. The number of nitrogens with zero attached hydrogens (tertiary/aromatic N) is 1. The maximum Gasteiger partial charge on any atom is 0.234 e. The fourth-order valence-electron chi connectivity index (χ4n) is 4.67. The Bertz CT molecular complexity index is 925. The summed E-state index contributed by atoms with van der Waals surface area (Å²) < 4.78 is 10.8. The van der Waals surface area contributed by atoms with Gasteiger partial charge in [0.25, 0.3) is 0 Å². The van der Waals surface area contributed by atoms with Crippen LogP contribution in [0.3, 0.4) is 0 Å². The van der Waals surface area contributed by atoms with E-state index < -0.39 is 0 Å². The minimum Gasteiger partial charge on any atom is -0.493 e. The van der Waals surface area contributed by atoms with Gasteiger partial charge in [-0.2, -0.15) is 0 Å². The zero-order valence-corrected chi connectivity index (χ0v) is 18.3. The largest absolute Gasteiger partial charge is 0.493 e. The molecule has 2 aromatic carbocycles. The molecule has 2 aromatic rings. The molecule has 1 N–H and O–H groups in total. The van der Waals surface area contributed by atoms with Gasteiger partial charge in [-0.1, -0.05) is 18.2 Å². The summed E-state index contributed by atoms with van der Waals surface area (Å²) >= 11 is 0. The molecular formula is C25H32N2O3. The second-order valence-corrected chi connectivity index (χ2v) is 8.46. The number of hydrogen-bond donors (Lipinski definition) is 1. The Hall–Kier alpha value is -2.53. The Labute approximate surface area is 179 Å². The van der Waals surface area contributed by atoms with Crippen LogP contribution in [0.2, 0.25) is 0 Å². The van der Waals surface area contributed by atoms with Crippen LogP contribution in [0.5, 0.6) is 11.5 Å². The average molecular weight is 409 g/mol. The Morgan fingerprint density at radius 3 is 2.37 bits per heavy atom. The van der Waals surface area contributed by atoms with Crippen molar-refractivity contribution < 1.29 is 14.3 Å². The van der Waals surface area contributed by atoms with Gasteiger partial charge in [0, 0.05) is 13.1 Å². The highest BCUT2D eigenvalue weighted by atomic mass is 16.5. The molecule has 4 rings (SSSR count). The first kappa shape index (κ1) is 20.7. The summed E-state index contributed by atoms with van der Waals surface area (Å²) in [6.45, 7) is 4.09. The molecule has 0 spiro atoms. The van der Waals surface area contributed by atoms with Crippen LogP contribution in [-0.4, -0.2) is 38.1 Å². The molecule has 0 fully saturated rings. The molecule has 0 radical (unpaired) electrons. The molecule has 1 aliphatic heterocycles. The number of amides is 1. The van der Waals surface area contributed by atoms with E-state index in [2.05, 4.69) is 41.4 Å². The van der Waals surface area contributed by atoms with Crippen LogP contribution < -0.4 is 14.8 Å². The van der Waals surface area contributed by atoms with Crippen molar-refractivity contribution in [2.75, 3.05) is 27.3 Å². The van der Waals surface area contributed by atoms with Crippen molar-refractivity contribution in [1.29, 1.82) is 0 Å². The third kappa shape index (κ3) is 4.46. The lowest BCUT2D eigenvalue weighted by molar-refractivity contribution is -0.123. The van der Waals surface area contributed by atoms with E-state index in [1.807, 2.05) is 6.07 Å². The van der Waals surface area contributed by atoms with Crippen molar-refractivity contribution in [1.82, 2.24) is 10.2 Å². The molecule has 0 unspecified atom stereocenters. The molecule has 2 aliphatic rings. The fourth-order valence-corrected chi connectivity index (χ4v) is 4.67. The highest BCUT2D eigenvalue weighted by Gasteiger charge is 2.22. The smallest absolute Gasteiger partial charge is 0.234 e. The quantitative estimate of drug-likeness (QED) is 0.790. The summed E-state index contributed by atoms with van der Waals surface area (Å²) in [6.07, 6.45) is 5.80. The predicted octanol–water partition coefficient (Wildman–Crippen LogP) is 3.82. The molecule has 1 aliphatic carbocycles. The molecule has 0 saturated carbocycles. The molecule has 1 amide bonds. The number of methoxy groups -OCH3 is 2. The maximum atomic E-state index is 12.7. The van der Waals surface area contributed by atoms with Crippen molar-refractivity contribution in [3.05, 3.63) is 58.1 Å². The lowest BCUT2D eigenvalue weighted by atomic mass is 9.89. The lowest BCUT2D eigenvalue weighted by Crippen LogP contribution is -2.40.